The molecule has 3 aromatic rings. The van der Waals surface area contributed by atoms with Gasteiger partial charge in [-0.05, 0) is 71.1 Å². The molecule has 1 saturated carbocycles. The maximum atomic E-state index is 12.9. The van der Waals surface area contributed by atoms with Gasteiger partial charge >= 0.3 is 11.9 Å². The third-order valence-corrected chi connectivity index (χ3v) is 9.29. The van der Waals surface area contributed by atoms with Crippen molar-refractivity contribution in [2.75, 3.05) is 38.6 Å². The Morgan fingerprint density at radius 2 is 1.59 bits per heavy atom. The van der Waals surface area contributed by atoms with Gasteiger partial charge in [-0.25, -0.2) is 4.79 Å². The standard InChI is InChI=1S/C37H46BrN3O5/c1-3-32(27-14-11-15-28(22-27)35(42)26-12-7-5-8-13-26)37(44)46-21-19-40-18-20-45-36(43)29-23-30(34(39)33(38)24-29)25-41(4-2)31-16-9-6-10-17-31/h5,7-8,11-15,22-24,31-32,40H,3-4,6,9-10,16-21,25,39H2,1-2H3. The molecule has 46 heavy (non-hydrogen) atoms. The fraction of sp³-hybridized carbons (Fsp3) is 0.432. The third-order valence-electron chi connectivity index (χ3n) is 8.64. The van der Waals surface area contributed by atoms with E-state index in [1.165, 1.54) is 32.1 Å². The summed E-state index contributed by atoms with van der Waals surface area (Å²) in [4.78, 5) is 41.1. The average molecular weight is 693 g/mol. The van der Waals surface area contributed by atoms with Crippen molar-refractivity contribution in [1.82, 2.24) is 10.2 Å². The largest absolute Gasteiger partial charge is 0.464 e. The van der Waals surface area contributed by atoms with E-state index in [2.05, 4.69) is 33.1 Å². The number of ether oxygens (including phenoxy) is 2. The lowest BCUT2D eigenvalue weighted by atomic mass is 9.93. The number of nitrogens with one attached hydrogen (secondary N) is 1. The summed E-state index contributed by atoms with van der Waals surface area (Å²) in [7, 11) is 0. The number of esters is 2. The van der Waals surface area contributed by atoms with Gasteiger partial charge in [-0.2, -0.15) is 0 Å². The van der Waals surface area contributed by atoms with Crippen LogP contribution in [0.15, 0.2) is 71.2 Å². The number of nitrogens with zero attached hydrogens (tertiary/aromatic N) is 1. The number of carbonyl (C=O) groups excluding carboxylic acids is 3. The van der Waals surface area contributed by atoms with Crippen LogP contribution in [0.1, 0.15) is 95.7 Å². The van der Waals surface area contributed by atoms with Crippen molar-refractivity contribution in [2.24, 2.45) is 0 Å². The molecule has 3 aromatic carbocycles. The molecule has 3 N–H and O–H groups in total. The minimum absolute atomic E-state index is 0.0853. The van der Waals surface area contributed by atoms with Gasteiger partial charge in [0.25, 0.3) is 0 Å². The van der Waals surface area contributed by atoms with Crippen LogP contribution in [0.2, 0.25) is 0 Å². The second-order valence-corrected chi connectivity index (χ2v) is 12.6. The first-order chi connectivity index (χ1) is 22.3. The lowest BCUT2D eigenvalue weighted by Gasteiger charge is -2.34. The van der Waals surface area contributed by atoms with E-state index in [4.69, 9.17) is 15.2 Å². The topological polar surface area (TPSA) is 111 Å². The quantitative estimate of drug-likeness (QED) is 0.0723. The lowest BCUT2D eigenvalue weighted by Crippen LogP contribution is -2.36. The van der Waals surface area contributed by atoms with Crippen LogP contribution in [0.4, 0.5) is 5.69 Å². The van der Waals surface area contributed by atoms with E-state index in [1.807, 2.05) is 37.3 Å². The molecule has 0 heterocycles. The molecule has 1 unspecified atom stereocenters. The molecule has 246 valence electrons. The summed E-state index contributed by atoms with van der Waals surface area (Å²) in [6.07, 6.45) is 6.77. The van der Waals surface area contributed by atoms with E-state index in [9.17, 15) is 14.4 Å². The highest BCUT2D eigenvalue weighted by atomic mass is 79.9. The van der Waals surface area contributed by atoms with E-state index < -0.39 is 11.9 Å². The van der Waals surface area contributed by atoms with Crippen molar-refractivity contribution in [3.05, 3.63) is 99.0 Å². The highest BCUT2D eigenvalue weighted by Crippen LogP contribution is 2.30. The Bertz CT molecular complexity index is 1460. The summed E-state index contributed by atoms with van der Waals surface area (Å²) in [5.41, 5.74) is 10.3. The summed E-state index contributed by atoms with van der Waals surface area (Å²) < 4.78 is 11.7. The van der Waals surface area contributed by atoms with Crippen molar-refractivity contribution in [3.63, 3.8) is 0 Å². The SMILES string of the molecule is CCC(C(=O)OCCNCCOC(=O)c1cc(Br)c(N)c(CN(CC)C2CCCCC2)c1)c1cccc(C(=O)c2ccccc2)c1. The van der Waals surface area contributed by atoms with Crippen molar-refractivity contribution >= 4 is 39.3 Å². The maximum absolute atomic E-state index is 12.9. The van der Waals surface area contributed by atoms with Crippen LogP contribution < -0.4 is 11.1 Å². The van der Waals surface area contributed by atoms with Gasteiger partial charge in [-0.15, -0.1) is 0 Å². The smallest absolute Gasteiger partial charge is 0.338 e. The molecule has 0 aliphatic heterocycles. The van der Waals surface area contributed by atoms with Gasteiger partial charge in [0.2, 0.25) is 0 Å². The molecule has 1 aliphatic carbocycles. The summed E-state index contributed by atoms with van der Waals surface area (Å²) in [5, 5.41) is 3.15. The van der Waals surface area contributed by atoms with Crippen LogP contribution in [0.3, 0.4) is 0 Å². The minimum atomic E-state index is -0.472. The predicted octanol–water partition coefficient (Wildman–Crippen LogP) is 6.90. The molecule has 9 heteroatoms. The fourth-order valence-corrected chi connectivity index (χ4v) is 6.53. The molecule has 1 fully saturated rings. The molecule has 0 radical (unpaired) electrons. The van der Waals surface area contributed by atoms with Gasteiger partial charge in [0, 0.05) is 41.3 Å². The first-order valence-electron chi connectivity index (χ1n) is 16.4. The van der Waals surface area contributed by atoms with Gasteiger partial charge < -0.3 is 20.5 Å². The molecule has 0 aromatic heterocycles. The van der Waals surface area contributed by atoms with Crippen LogP contribution in [0.5, 0.6) is 0 Å². The molecule has 0 spiro atoms. The zero-order valence-corrected chi connectivity index (χ0v) is 28.5. The highest BCUT2D eigenvalue weighted by Gasteiger charge is 2.23. The summed E-state index contributed by atoms with van der Waals surface area (Å²) in [6, 6.07) is 20.4. The molecule has 1 aliphatic rings. The highest BCUT2D eigenvalue weighted by molar-refractivity contribution is 9.10. The Morgan fingerprint density at radius 1 is 0.891 bits per heavy atom. The molecule has 1 atom stereocenters. The number of rotatable bonds is 16. The van der Waals surface area contributed by atoms with Crippen molar-refractivity contribution < 1.29 is 23.9 Å². The molecule has 0 bridgehead atoms. The number of ketones is 1. The van der Waals surface area contributed by atoms with Crippen molar-refractivity contribution in [3.8, 4) is 0 Å². The average Bonchev–Trinajstić information content (AvgIpc) is 3.09. The maximum Gasteiger partial charge on any atom is 0.338 e. The lowest BCUT2D eigenvalue weighted by molar-refractivity contribution is -0.145. The normalized spacial score (nSPS) is 14.2. The second-order valence-electron chi connectivity index (χ2n) is 11.7. The van der Waals surface area contributed by atoms with Crippen LogP contribution in [0, 0.1) is 0 Å². The number of nitrogen functional groups attached to an aromatic ring is 1. The summed E-state index contributed by atoms with van der Waals surface area (Å²) >= 11 is 3.52. The number of nitrogens with two attached hydrogens (primary N) is 1. The molecular weight excluding hydrogens is 646 g/mol. The molecular formula is C37H46BrN3O5. The summed E-state index contributed by atoms with van der Waals surface area (Å²) in [6.45, 7) is 6.90. The van der Waals surface area contributed by atoms with Crippen LogP contribution >= 0.6 is 15.9 Å². The fourth-order valence-electron chi connectivity index (χ4n) is 6.03. The number of hydrogen-bond donors (Lipinski definition) is 2. The number of halogens is 1. The predicted molar refractivity (Wildman–Crippen MR) is 185 cm³/mol. The minimum Gasteiger partial charge on any atom is -0.464 e. The van der Waals surface area contributed by atoms with E-state index in [0.29, 0.717) is 58.9 Å². The van der Waals surface area contributed by atoms with Gasteiger partial charge in [0.15, 0.2) is 5.78 Å². The van der Waals surface area contributed by atoms with Gasteiger partial charge in [0.05, 0.1) is 17.2 Å². The molecule has 8 nitrogen and oxygen atoms in total. The van der Waals surface area contributed by atoms with E-state index in [0.717, 1.165) is 17.7 Å². The zero-order chi connectivity index (χ0) is 32.9. The monoisotopic (exact) mass is 691 g/mol. The zero-order valence-electron chi connectivity index (χ0n) is 26.9. The Balaban J connectivity index is 1.20. The number of hydrogen-bond acceptors (Lipinski definition) is 8. The Hall–Kier alpha value is -3.53. The molecule has 0 amide bonds. The Labute approximate surface area is 281 Å². The van der Waals surface area contributed by atoms with Crippen LogP contribution in [-0.2, 0) is 20.8 Å². The van der Waals surface area contributed by atoms with Crippen LogP contribution in [-0.4, -0.2) is 61.5 Å². The van der Waals surface area contributed by atoms with Crippen molar-refractivity contribution in [2.45, 2.75) is 70.9 Å². The third kappa shape index (κ3) is 9.74. The van der Waals surface area contributed by atoms with Crippen LogP contribution in [0.25, 0.3) is 0 Å². The van der Waals surface area contributed by atoms with Gasteiger partial charge in [-0.1, -0.05) is 81.6 Å². The first-order valence-corrected chi connectivity index (χ1v) is 17.2. The number of benzene rings is 3. The van der Waals surface area contributed by atoms with Crippen molar-refractivity contribution in [1.29, 1.82) is 0 Å². The molecule has 4 rings (SSSR count). The van der Waals surface area contributed by atoms with E-state index >= 15 is 0 Å². The second kappa shape index (κ2) is 18.0. The van der Waals surface area contributed by atoms with E-state index in [1.54, 1.807) is 36.4 Å². The Kier molecular flexibility index (Phi) is 13.8. The first kappa shape index (κ1) is 35.3. The van der Waals surface area contributed by atoms with E-state index in [-0.39, 0.29) is 25.0 Å². The summed E-state index contributed by atoms with van der Waals surface area (Å²) in [5.74, 6) is -1.30. The number of anilines is 1. The Morgan fingerprint density at radius 3 is 2.28 bits per heavy atom. The molecule has 0 saturated heterocycles. The van der Waals surface area contributed by atoms with Gasteiger partial charge in [-0.3, -0.25) is 14.5 Å². The van der Waals surface area contributed by atoms with Gasteiger partial charge in [0.1, 0.15) is 13.2 Å². The number of carbonyl (C=O) groups is 3.